The summed E-state index contributed by atoms with van der Waals surface area (Å²) in [6.45, 7) is 14.5. The molecule has 16 atom stereocenters. The molecule has 0 aromatic carbocycles. The van der Waals surface area contributed by atoms with Crippen LogP contribution in [-0.2, 0) is 42.9 Å². The zero-order chi connectivity index (χ0) is 55.3. The van der Waals surface area contributed by atoms with Crippen molar-refractivity contribution in [3.05, 3.63) is 66.1 Å². The van der Waals surface area contributed by atoms with E-state index in [-0.39, 0.29) is 55.1 Å². The molecule has 1 amide bonds. The van der Waals surface area contributed by atoms with Crippen LogP contribution in [-0.4, -0.2) is 159 Å². The number of nitrogens with zero attached hydrogens (tertiary/aromatic N) is 4. The van der Waals surface area contributed by atoms with E-state index in [0.717, 1.165) is 24.8 Å². The molecule has 5 heterocycles. The number of rotatable bonds is 8. The number of allylic oxidation sites excluding steroid dienone is 5. The van der Waals surface area contributed by atoms with E-state index in [0.29, 0.717) is 82.4 Å². The van der Waals surface area contributed by atoms with Crippen LogP contribution >= 0.6 is 0 Å². The molecular weight excluding hydrogens is 973 g/mol. The van der Waals surface area contributed by atoms with Gasteiger partial charge >= 0.3 is 5.97 Å². The average molecular weight is 1060 g/mol. The number of aliphatic hydroxyl groups excluding tert-OH is 3. The minimum absolute atomic E-state index is 0.00453. The first-order chi connectivity index (χ1) is 36.2. The van der Waals surface area contributed by atoms with Gasteiger partial charge in [0.1, 0.15) is 24.4 Å². The summed E-state index contributed by atoms with van der Waals surface area (Å²) < 4.78 is 30.9. The Morgan fingerprint density at radius 1 is 0.803 bits per heavy atom. The van der Waals surface area contributed by atoms with Crippen molar-refractivity contribution in [2.75, 3.05) is 38.8 Å². The van der Waals surface area contributed by atoms with E-state index in [1.807, 2.05) is 58.1 Å². The molecule has 6 rings (SSSR count). The molecule has 1 aromatic rings. The van der Waals surface area contributed by atoms with Crippen molar-refractivity contribution in [2.45, 2.75) is 205 Å². The van der Waals surface area contributed by atoms with Crippen LogP contribution in [0, 0.1) is 35.5 Å². The number of ketones is 2. The summed E-state index contributed by atoms with van der Waals surface area (Å²) >= 11 is 0. The van der Waals surface area contributed by atoms with Gasteiger partial charge in [0.15, 0.2) is 5.78 Å². The van der Waals surface area contributed by atoms with Gasteiger partial charge in [0.05, 0.1) is 36.6 Å². The summed E-state index contributed by atoms with van der Waals surface area (Å²) in [7, 11) is 2.98. The molecule has 17 heteroatoms. The van der Waals surface area contributed by atoms with Gasteiger partial charge in [-0.2, -0.15) is 0 Å². The molecule has 424 valence electrons. The highest BCUT2D eigenvalue weighted by Gasteiger charge is 2.53. The van der Waals surface area contributed by atoms with Crippen LogP contribution in [0.2, 0.25) is 0 Å². The number of esters is 1. The second-order valence-corrected chi connectivity index (χ2v) is 22.9. The fourth-order valence-electron chi connectivity index (χ4n) is 12.0. The molecule has 76 heavy (non-hydrogen) atoms. The van der Waals surface area contributed by atoms with Crippen LogP contribution in [0.1, 0.15) is 138 Å². The number of hydrogen-bond acceptors (Lipinski definition) is 16. The molecule has 1 aliphatic carbocycles. The molecule has 2 unspecified atom stereocenters. The molecule has 0 radical (unpaired) electrons. The molecule has 4 N–H and O–H groups in total. The summed E-state index contributed by atoms with van der Waals surface area (Å²) in [5.74, 6) is -6.78. The van der Waals surface area contributed by atoms with Crippen molar-refractivity contribution in [3.63, 3.8) is 0 Å². The number of Topliss-reactive ketones (excluding diaryl/α,β-unsaturated/α-hetero) is 2. The van der Waals surface area contributed by atoms with Gasteiger partial charge in [0, 0.05) is 76.8 Å². The molecule has 1 aromatic heterocycles. The molecule has 3 saturated heterocycles. The minimum Gasteiger partial charge on any atom is -0.460 e. The van der Waals surface area contributed by atoms with Crippen LogP contribution in [0.25, 0.3) is 0 Å². The third-order valence-electron chi connectivity index (χ3n) is 17.0. The Morgan fingerprint density at radius 3 is 2.22 bits per heavy atom. The Morgan fingerprint density at radius 2 is 1.53 bits per heavy atom. The van der Waals surface area contributed by atoms with Crippen molar-refractivity contribution in [3.8, 4) is 0 Å². The molecule has 5 aliphatic rings. The van der Waals surface area contributed by atoms with Gasteiger partial charge in [0.2, 0.25) is 11.7 Å². The molecule has 4 fully saturated rings. The Labute approximate surface area is 451 Å². The molecule has 0 spiro atoms. The number of ether oxygens (including phenoxy) is 5. The summed E-state index contributed by atoms with van der Waals surface area (Å²) in [5, 5.41) is 46.3. The number of amides is 1. The maximum absolute atomic E-state index is 14.6. The molecule has 17 nitrogen and oxygen atoms in total. The Hall–Kier alpha value is -4.20. The standard InChI is InChI=1S/C59H90N4O13/c1-36-16-11-10-12-17-37(2)49(74-44-23-28-62(29-24-44)58-60-25-15-26-61-58)34-45-21-19-42(7)59(71,76-45)55(68)56(69)63-27-14-13-18-46(63)57(70)75-50(39(4)32-43-20-22-47(64)51(33-43)72-8)35-48(65)38(3)31-41(6)53(67)54(73-9)52(66)40(5)30-36/h10-12,15-17,25-26,31,36,38-40,42-51,53-54,64-65,67,71H,13-14,18-24,27-30,32-35H2,1-9H3/b12-10+,16-11+,37-17+,41-31+/t36-,38-,39-,40-,42-,43+,45+,46+,47-,48?,49?,50+,51-,53-,54+,59-/m1/s1. The van der Waals surface area contributed by atoms with Crippen molar-refractivity contribution >= 4 is 29.4 Å². The second-order valence-electron chi connectivity index (χ2n) is 22.9. The number of anilines is 1. The SMILES string of the molecule is CO[C@@H]1C[C@H](C[C@@H](C)[C@@H]2CC(O)[C@H](C)/C=C(\C)[C@@H](O)[C@@H](OC)C(=O)[C@H](C)C[C@H](C)/C=C/C=C/C=C(\C)C(OC3CCN(c4ncccn4)CC3)C[C@@H]3CC[C@@H](C)[C@@](O)(O3)C(=O)C(=O)N3CCCC[C@H]3C(=O)O2)CC[C@H]1O. The lowest BCUT2D eigenvalue weighted by Crippen LogP contribution is -2.61. The number of fused-ring (bicyclic) bond motifs is 3. The Kier molecular flexibility index (Phi) is 23.0. The Balaban J connectivity index is 1.30. The second kappa shape index (κ2) is 28.6. The monoisotopic (exact) mass is 1060 g/mol. The average Bonchev–Trinajstić information content (AvgIpc) is 3.42. The highest BCUT2D eigenvalue weighted by molar-refractivity contribution is 6.39. The van der Waals surface area contributed by atoms with Crippen LogP contribution in [0.5, 0.6) is 0 Å². The van der Waals surface area contributed by atoms with E-state index in [2.05, 4.69) is 14.9 Å². The van der Waals surface area contributed by atoms with E-state index >= 15 is 0 Å². The molecule has 1 saturated carbocycles. The highest BCUT2D eigenvalue weighted by Crippen LogP contribution is 2.38. The molecule has 2 bridgehead atoms. The van der Waals surface area contributed by atoms with Gasteiger partial charge in [-0.3, -0.25) is 14.4 Å². The number of piperidine rings is 2. The first-order valence-corrected chi connectivity index (χ1v) is 28.2. The number of carbonyl (C=O) groups is 4. The first kappa shape index (κ1) is 61.0. The van der Waals surface area contributed by atoms with Gasteiger partial charge < -0.3 is 53.9 Å². The smallest absolute Gasteiger partial charge is 0.329 e. The molecular formula is C59H90N4O13. The third kappa shape index (κ3) is 16.0. The summed E-state index contributed by atoms with van der Waals surface area (Å²) in [4.78, 5) is 69.9. The van der Waals surface area contributed by atoms with Crippen LogP contribution in [0.4, 0.5) is 5.95 Å². The minimum atomic E-state index is -2.46. The van der Waals surface area contributed by atoms with Crippen molar-refractivity contribution in [1.82, 2.24) is 14.9 Å². The van der Waals surface area contributed by atoms with Crippen LogP contribution in [0.15, 0.2) is 66.1 Å². The van der Waals surface area contributed by atoms with E-state index < -0.39 is 90.0 Å². The Bertz CT molecular complexity index is 2180. The number of cyclic esters (lactones) is 1. The maximum Gasteiger partial charge on any atom is 0.329 e. The number of aliphatic hydroxyl groups is 4. The van der Waals surface area contributed by atoms with E-state index in [1.54, 1.807) is 52.4 Å². The fourth-order valence-corrected chi connectivity index (χ4v) is 12.0. The van der Waals surface area contributed by atoms with Crippen LogP contribution < -0.4 is 4.90 Å². The fraction of sp³-hybridized carbons (Fsp3) is 0.729. The van der Waals surface area contributed by atoms with Gasteiger partial charge in [0.25, 0.3) is 11.7 Å². The normalized spacial score (nSPS) is 38.7. The predicted octanol–water partition coefficient (Wildman–Crippen LogP) is 6.80. The van der Waals surface area contributed by atoms with E-state index in [1.165, 1.54) is 12.0 Å². The topological polar surface area (TPSA) is 228 Å². The largest absolute Gasteiger partial charge is 0.460 e. The number of methoxy groups -OCH3 is 2. The third-order valence-corrected chi connectivity index (χ3v) is 17.0. The quantitative estimate of drug-likeness (QED) is 0.119. The number of hydrogen-bond donors (Lipinski definition) is 4. The summed E-state index contributed by atoms with van der Waals surface area (Å²) in [5.41, 5.74) is 1.34. The van der Waals surface area contributed by atoms with Gasteiger partial charge in [-0.25, -0.2) is 14.8 Å². The number of carbonyl (C=O) groups excluding carboxylic acids is 4. The van der Waals surface area contributed by atoms with Crippen molar-refractivity contribution in [1.29, 1.82) is 0 Å². The lowest BCUT2D eigenvalue weighted by atomic mass is 9.78. The summed E-state index contributed by atoms with van der Waals surface area (Å²) in [6, 6.07) is 0.654. The lowest BCUT2D eigenvalue weighted by Gasteiger charge is -2.43. The zero-order valence-electron chi connectivity index (χ0n) is 46.7. The molecule has 4 aliphatic heterocycles. The van der Waals surface area contributed by atoms with E-state index in [4.69, 9.17) is 23.7 Å². The van der Waals surface area contributed by atoms with E-state index in [9.17, 15) is 39.6 Å². The lowest BCUT2D eigenvalue weighted by molar-refractivity contribution is -0.266. The highest BCUT2D eigenvalue weighted by atomic mass is 16.6. The van der Waals surface area contributed by atoms with Crippen molar-refractivity contribution in [2.24, 2.45) is 35.5 Å². The van der Waals surface area contributed by atoms with Crippen molar-refractivity contribution < 1.29 is 63.3 Å². The van der Waals surface area contributed by atoms with Gasteiger partial charge in [-0.15, -0.1) is 0 Å². The predicted molar refractivity (Wildman–Crippen MR) is 287 cm³/mol. The first-order valence-electron chi connectivity index (χ1n) is 28.2. The zero-order valence-corrected chi connectivity index (χ0v) is 46.7. The maximum atomic E-state index is 14.6. The van der Waals surface area contributed by atoms with Gasteiger partial charge in [-0.05, 0) is 126 Å². The van der Waals surface area contributed by atoms with Gasteiger partial charge in [-0.1, -0.05) is 71.1 Å². The van der Waals surface area contributed by atoms with Crippen LogP contribution in [0.3, 0.4) is 0 Å². The number of aromatic nitrogens is 2. The summed E-state index contributed by atoms with van der Waals surface area (Å²) in [6.07, 6.45) is 15.5.